The third-order valence-corrected chi connectivity index (χ3v) is 5.91. The van der Waals surface area contributed by atoms with Gasteiger partial charge in [-0.25, -0.2) is 0 Å². The van der Waals surface area contributed by atoms with E-state index < -0.39 is 0 Å². The minimum absolute atomic E-state index is 0.0741. The van der Waals surface area contributed by atoms with Gasteiger partial charge in [0.25, 0.3) is 0 Å². The Balaban J connectivity index is 1.68. The van der Waals surface area contributed by atoms with E-state index in [2.05, 4.69) is 56.0 Å². The van der Waals surface area contributed by atoms with Crippen LogP contribution in [0, 0.1) is 5.92 Å². The van der Waals surface area contributed by atoms with Gasteiger partial charge >= 0.3 is 0 Å². The van der Waals surface area contributed by atoms with Crippen LogP contribution in [0.5, 0.6) is 0 Å². The Morgan fingerprint density at radius 2 is 2.08 bits per heavy atom. The Morgan fingerprint density at radius 3 is 2.81 bits per heavy atom. The summed E-state index contributed by atoms with van der Waals surface area (Å²) in [4.78, 5) is 14.9. The monoisotopic (exact) mass is 355 g/mol. The second-order valence-corrected chi connectivity index (χ2v) is 8.30. The number of carbonyl (C=O) groups is 1. The maximum absolute atomic E-state index is 12.8. The van der Waals surface area contributed by atoms with Crippen molar-refractivity contribution < 1.29 is 9.53 Å². The van der Waals surface area contributed by atoms with Crippen LogP contribution in [0.1, 0.15) is 77.3 Å². The summed E-state index contributed by atoms with van der Waals surface area (Å²) in [5.74, 6) is 0.915. The summed E-state index contributed by atoms with van der Waals surface area (Å²) < 4.78 is 6.37. The van der Waals surface area contributed by atoms with Gasteiger partial charge in [-0.05, 0) is 63.9 Å². The first-order valence-electron chi connectivity index (χ1n) is 10.2. The highest BCUT2D eigenvalue weighted by atomic mass is 16.5. The summed E-state index contributed by atoms with van der Waals surface area (Å²) in [5, 5.41) is 0. The highest BCUT2D eigenvalue weighted by Crippen LogP contribution is 2.46. The number of hydrogen-bond donors (Lipinski definition) is 0. The molecule has 0 N–H and O–H groups in total. The van der Waals surface area contributed by atoms with Crippen LogP contribution >= 0.6 is 0 Å². The quantitative estimate of drug-likeness (QED) is 0.593. The van der Waals surface area contributed by atoms with Crippen LogP contribution in [0.25, 0.3) is 0 Å². The molecule has 0 spiro atoms. The Morgan fingerprint density at radius 1 is 1.31 bits per heavy atom. The van der Waals surface area contributed by atoms with Gasteiger partial charge in [0.1, 0.15) is 5.72 Å². The number of amides is 1. The van der Waals surface area contributed by atoms with E-state index in [0.717, 1.165) is 32.1 Å². The lowest BCUT2D eigenvalue weighted by molar-refractivity contribution is -0.163. The van der Waals surface area contributed by atoms with Crippen molar-refractivity contribution in [1.29, 1.82) is 0 Å². The molecule has 0 saturated carbocycles. The summed E-state index contributed by atoms with van der Waals surface area (Å²) in [6.07, 6.45) is 9.32. The Hall–Kier alpha value is -1.61. The topological polar surface area (TPSA) is 29.5 Å². The third-order valence-electron chi connectivity index (χ3n) is 5.91. The lowest BCUT2D eigenvalue weighted by atomic mass is 9.88. The number of nitrogens with zero attached hydrogens (tertiary/aromatic N) is 1. The molecule has 0 radical (unpaired) electrons. The zero-order valence-electron chi connectivity index (χ0n) is 16.5. The fraction of sp³-hybridized carbons (Fsp3) is 0.609. The van der Waals surface area contributed by atoms with Crippen molar-refractivity contribution in [2.24, 2.45) is 5.92 Å². The first-order chi connectivity index (χ1) is 12.5. The molecule has 3 rings (SSSR count). The van der Waals surface area contributed by atoms with Crippen molar-refractivity contribution in [3.63, 3.8) is 0 Å². The predicted octanol–water partition coefficient (Wildman–Crippen LogP) is 5.63. The smallest absolute Gasteiger partial charge is 0.225 e. The van der Waals surface area contributed by atoms with E-state index in [4.69, 9.17) is 4.74 Å². The minimum Gasteiger partial charge on any atom is -0.353 e. The molecular weight excluding hydrogens is 322 g/mol. The second kappa shape index (κ2) is 8.39. The maximum atomic E-state index is 12.8. The highest BCUT2D eigenvalue weighted by Gasteiger charge is 2.51. The summed E-state index contributed by atoms with van der Waals surface area (Å²) in [7, 11) is 0. The predicted molar refractivity (Wildman–Crippen MR) is 106 cm³/mol. The van der Waals surface area contributed by atoms with Crippen LogP contribution in [0.4, 0.5) is 0 Å². The van der Waals surface area contributed by atoms with Gasteiger partial charge in [-0.3, -0.25) is 4.79 Å². The zero-order valence-corrected chi connectivity index (χ0v) is 16.5. The fourth-order valence-corrected chi connectivity index (χ4v) is 4.40. The fourth-order valence-electron chi connectivity index (χ4n) is 4.40. The second-order valence-electron chi connectivity index (χ2n) is 8.30. The van der Waals surface area contributed by atoms with Gasteiger partial charge in [0.05, 0.1) is 12.6 Å². The van der Waals surface area contributed by atoms with Gasteiger partial charge in [0, 0.05) is 6.42 Å². The Bertz CT molecular complexity index is 635. The highest BCUT2D eigenvalue weighted by molar-refractivity contribution is 5.78. The number of allylic oxidation sites excluding steroid dienone is 2. The van der Waals surface area contributed by atoms with Crippen molar-refractivity contribution >= 4 is 5.91 Å². The molecule has 1 aromatic carbocycles. The number of fused-ring (bicyclic) bond motifs is 1. The van der Waals surface area contributed by atoms with Crippen molar-refractivity contribution in [2.45, 2.75) is 77.5 Å². The largest absolute Gasteiger partial charge is 0.353 e. The number of ether oxygens (including phenoxy) is 1. The van der Waals surface area contributed by atoms with Gasteiger partial charge < -0.3 is 9.64 Å². The van der Waals surface area contributed by atoms with Gasteiger partial charge in [-0.15, -0.1) is 0 Å². The molecule has 2 fully saturated rings. The van der Waals surface area contributed by atoms with Crippen molar-refractivity contribution in [3.05, 3.63) is 47.5 Å². The molecule has 2 aliphatic rings. The van der Waals surface area contributed by atoms with E-state index in [1.807, 2.05) is 6.07 Å². The van der Waals surface area contributed by atoms with E-state index in [1.54, 1.807) is 0 Å². The molecule has 0 bridgehead atoms. The zero-order chi connectivity index (χ0) is 18.6. The summed E-state index contributed by atoms with van der Waals surface area (Å²) >= 11 is 0. The molecule has 1 aromatic rings. The third kappa shape index (κ3) is 4.20. The number of carbonyl (C=O) groups excluding carboxylic acids is 1. The van der Waals surface area contributed by atoms with E-state index in [9.17, 15) is 4.79 Å². The molecule has 0 aromatic heterocycles. The molecule has 3 atom stereocenters. The van der Waals surface area contributed by atoms with Gasteiger partial charge in [-0.2, -0.15) is 0 Å². The standard InChI is InChI=1S/C23H33NO2/c1-18(2)9-7-10-19(3)14-16-23-15-8-13-22(25)24(23)21(17-26-23)20-11-5-4-6-12-20/h4-6,9,11-12,19,21H,7-8,10,13-17H2,1-3H3/t19-,21-,23+/m1/s1. The SMILES string of the molecule is CC(C)=CCC[C@@H](C)CC[C@@]12CCCC(=O)N1[C@@H](c1ccccc1)CO2. The summed E-state index contributed by atoms with van der Waals surface area (Å²) in [5.41, 5.74) is 2.21. The molecule has 26 heavy (non-hydrogen) atoms. The number of hydrogen-bond acceptors (Lipinski definition) is 2. The molecule has 142 valence electrons. The first kappa shape index (κ1) is 19.2. The van der Waals surface area contributed by atoms with Gasteiger partial charge in [0.15, 0.2) is 0 Å². The van der Waals surface area contributed by atoms with Crippen LogP contribution in [0.15, 0.2) is 42.0 Å². The maximum Gasteiger partial charge on any atom is 0.225 e. The van der Waals surface area contributed by atoms with E-state index in [0.29, 0.717) is 18.9 Å². The van der Waals surface area contributed by atoms with Crippen molar-refractivity contribution in [1.82, 2.24) is 4.90 Å². The molecule has 2 heterocycles. The van der Waals surface area contributed by atoms with Crippen molar-refractivity contribution in [3.8, 4) is 0 Å². The molecule has 2 aliphatic heterocycles. The Labute approximate surface area is 158 Å². The normalized spacial score (nSPS) is 26.5. The number of benzene rings is 1. The van der Waals surface area contributed by atoms with Crippen LogP contribution < -0.4 is 0 Å². The summed E-state index contributed by atoms with van der Waals surface area (Å²) in [6, 6.07) is 10.4. The van der Waals surface area contributed by atoms with Crippen molar-refractivity contribution in [2.75, 3.05) is 6.61 Å². The first-order valence-corrected chi connectivity index (χ1v) is 10.2. The lowest BCUT2D eigenvalue weighted by Crippen LogP contribution is -2.52. The van der Waals surface area contributed by atoms with Crippen LogP contribution in [-0.4, -0.2) is 23.1 Å². The molecule has 3 heteroatoms. The minimum atomic E-state index is -0.374. The van der Waals surface area contributed by atoms with Gasteiger partial charge in [0.2, 0.25) is 5.91 Å². The molecule has 3 nitrogen and oxygen atoms in total. The number of piperidine rings is 1. The summed E-state index contributed by atoms with van der Waals surface area (Å²) in [6.45, 7) is 7.27. The van der Waals surface area contributed by atoms with Gasteiger partial charge in [-0.1, -0.05) is 48.9 Å². The molecule has 0 aliphatic carbocycles. The van der Waals surface area contributed by atoms with Crippen LogP contribution in [-0.2, 0) is 9.53 Å². The molecular formula is C23H33NO2. The van der Waals surface area contributed by atoms with E-state index in [-0.39, 0.29) is 17.7 Å². The van der Waals surface area contributed by atoms with Crippen LogP contribution in [0.2, 0.25) is 0 Å². The molecule has 1 amide bonds. The average molecular weight is 356 g/mol. The molecule has 2 saturated heterocycles. The molecule has 0 unspecified atom stereocenters. The van der Waals surface area contributed by atoms with Crippen LogP contribution in [0.3, 0.4) is 0 Å². The van der Waals surface area contributed by atoms with E-state index >= 15 is 0 Å². The average Bonchev–Trinajstić information content (AvgIpc) is 3.02. The number of rotatable bonds is 7. The lowest BCUT2D eigenvalue weighted by Gasteiger charge is -2.43. The Kier molecular flexibility index (Phi) is 6.18. The van der Waals surface area contributed by atoms with E-state index in [1.165, 1.54) is 17.6 Å².